The number of cyclic esters (lactones) is 1. The highest BCUT2D eigenvalue weighted by molar-refractivity contribution is 9.10. The van der Waals surface area contributed by atoms with Crippen LogP contribution in [0.3, 0.4) is 0 Å². The highest BCUT2D eigenvalue weighted by Crippen LogP contribution is 2.31. The van der Waals surface area contributed by atoms with E-state index in [0.29, 0.717) is 28.2 Å². The maximum Gasteiger partial charge on any atom is 0.363 e. The van der Waals surface area contributed by atoms with E-state index in [1.807, 2.05) is 24.3 Å². The first-order chi connectivity index (χ1) is 15.0. The SMILES string of the molecule is COc1cc(/C=C2\N=C(c3ccccc3Br)OC2=O)ccc1OCc1ccccc1F. The molecule has 0 bridgehead atoms. The highest BCUT2D eigenvalue weighted by Gasteiger charge is 2.25. The van der Waals surface area contributed by atoms with Crippen LogP contribution in [0.25, 0.3) is 6.08 Å². The fourth-order valence-corrected chi connectivity index (χ4v) is 3.44. The Morgan fingerprint density at radius 3 is 2.61 bits per heavy atom. The molecule has 0 aromatic heterocycles. The molecule has 0 amide bonds. The molecule has 0 saturated heterocycles. The van der Waals surface area contributed by atoms with Gasteiger partial charge in [0.15, 0.2) is 17.2 Å². The first-order valence-corrected chi connectivity index (χ1v) is 10.2. The van der Waals surface area contributed by atoms with Gasteiger partial charge in [0, 0.05) is 10.0 Å². The molecule has 0 unspecified atom stereocenters. The molecule has 7 heteroatoms. The van der Waals surface area contributed by atoms with E-state index in [4.69, 9.17) is 14.2 Å². The van der Waals surface area contributed by atoms with E-state index in [1.54, 1.807) is 42.5 Å². The average molecular weight is 482 g/mol. The van der Waals surface area contributed by atoms with Gasteiger partial charge in [0.1, 0.15) is 12.4 Å². The van der Waals surface area contributed by atoms with Gasteiger partial charge >= 0.3 is 5.97 Å². The van der Waals surface area contributed by atoms with Crippen molar-refractivity contribution in [2.45, 2.75) is 6.61 Å². The van der Waals surface area contributed by atoms with Gasteiger partial charge in [-0.05, 0) is 57.9 Å². The van der Waals surface area contributed by atoms with Crippen molar-refractivity contribution in [2.24, 2.45) is 4.99 Å². The van der Waals surface area contributed by atoms with Gasteiger partial charge in [-0.15, -0.1) is 0 Å². The maximum atomic E-state index is 13.8. The predicted molar refractivity (Wildman–Crippen MR) is 118 cm³/mol. The Balaban J connectivity index is 1.56. The van der Waals surface area contributed by atoms with Crippen LogP contribution in [0.15, 0.2) is 81.9 Å². The Morgan fingerprint density at radius 2 is 1.84 bits per heavy atom. The van der Waals surface area contributed by atoms with E-state index in [-0.39, 0.29) is 24.0 Å². The van der Waals surface area contributed by atoms with Crippen LogP contribution >= 0.6 is 15.9 Å². The monoisotopic (exact) mass is 481 g/mol. The maximum absolute atomic E-state index is 13.8. The van der Waals surface area contributed by atoms with Crippen LogP contribution in [0.4, 0.5) is 4.39 Å². The van der Waals surface area contributed by atoms with Gasteiger partial charge < -0.3 is 14.2 Å². The lowest BCUT2D eigenvalue weighted by molar-refractivity contribution is -0.129. The number of halogens is 2. The van der Waals surface area contributed by atoms with Gasteiger partial charge in [0.25, 0.3) is 0 Å². The van der Waals surface area contributed by atoms with E-state index in [9.17, 15) is 9.18 Å². The van der Waals surface area contributed by atoms with Gasteiger partial charge in [0.2, 0.25) is 5.90 Å². The third-order valence-electron chi connectivity index (χ3n) is 4.56. The number of rotatable bonds is 6. The second-order valence-corrected chi connectivity index (χ2v) is 7.46. The summed E-state index contributed by atoms with van der Waals surface area (Å²) >= 11 is 3.43. The van der Waals surface area contributed by atoms with Crippen molar-refractivity contribution in [1.29, 1.82) is 0 Å². The summed E-state index contributed by atoms with van der Waals surface area (Å²) in [5.41, 5.74) is 1.99. The number of carbonyl (C=O) groups is 1. The summed E-state index contributed by atoms with van der Waals surface area (Å²) in [5.74, 6) is 0.276. The Labute approximate surface area is 186 Å². The lowest BCUT2D eigenvalue weighted by Crippen LogP contribution is -2.05. The summed E-state index contributed by atoms with van der Waals surface area (Å²) in [6.45, 7) is 0.0649. The van der Waals surface area contributed by atoms with Gasteiger partial charge in [-0.2, -0.15) is 0 Å². The smallest absolute Gasteiger partial charge is 0.363 e. The molecule has 4 rings (SSSR count). The Hall–Kier alpha value is -3.45. The third kappa shape index (κ3) is 4.67. The topological polar surface area (TPSA) is 57.1 Å². The molecular weight excluding hydrogens is 465 g/mol. The van der Waals surface area contributed by atoms with Crippen LogP contribution in [0.5, 0.6) is 11.5 Å². The zero-order chi connectivity index (χ0) is 21.8. The fourth-order valence-electron chi connectivity index (χ4n) is 2.98. The first-order valence-electron chi connectivity index (χ1n) is 9.37. The minimum Gasteiger partial charge on any atom is -0.493 e. The molecule has 0 aliphatic carbocycles. The van der Waals surface area contributed by atoms with Gasteiger partial charge in [-0.3, -0.25) is 0 Å². The Bertz CT molecular complexity index is 1210. The molecule has 0 spiro atoms. The Kier molecular flexibility index (Phi) is 6.13. The molecule has 5 nitrogen and oxygen atoms in total. The number of ether oxygens (including phenoxy) is 3. The minimum atomic E-state index is -0.537. The van der Waals surface area contributed by atoms with Crippen molar-refractivity contribution in [3.05, 3.63) is 99.4 Å². The molecule has 1 aliphatic heterocycles. The quantitative estimate of drug-likeness (QED) is 0.343. The van der Waals surface area contributed by atoms with Crippen molar-refractivity contribution in [1.82, 2.24) is 0 Å². The van der Waals surface area contributed by atoms with E-state index in [0.717, 1.165) is 4.47 Å². The van der Waals surface area contributed by atoms with Crippen molar-refractivity contribution >= 4 is 33.9 Å². The molecule has 1 aliphatic rings. The zero-order valence-electron chi connectivity index (χ0n) is 16.5. The number of carbonyl (C=O) groups excluding carboxylic acids is 1. The molecule has 0 fully saturated rings. The largest absolute Gasteiger partial charge is 0.493 e. The van der Waals surface area contributed by atoms with Crippen molar-refractivity contribution in [3.8, 4) is 11.5 Å². The number of methoxy groups -OCH3 is 1. The lowest BCUT2D eigenvalue weighted by Gasteiger charge is -2.12. The summed E-state index contributed by atoms with van der Waals surface area (Å²) in [5, 5.41) is 0. The number of hydrogen-bond acceptors (Lipinski definition) is 5. The van der Waals surface area contributed by atoms with Crippen LogP contribution in [0.1, 0.15) is 16.7 Å². The summed E-state index contributed by atoms with van der Waals surface area (Å²) < 4.78 is 31.0. The van der Waals surface area contributed by atoms with E-state index >= 15 is 0 Å². The molecule has 0 N–H and O–H groups in total. The molecule has 156 valence electrons. The van der Waals surface area contributed by atoms with Crippen molar-refractivity contribution in [2.75, 3.05) is 7.11 Å². The van der Waals surface area contributed by atoms with Crippen molar-refractivity contribution < 1.29 is 23.4 Å². The number of hydrogen-bond donors (Lipinski definition) is 0. The van der Waals surface area contributed by atoms with Crippen LogP contribution in [-0.2, 0) is 16.1 Å². The summed E-state index contributed by atoms with van der Waals surface area (Å²) in [6, 6.07) is 18.9. The van der Waals surface area contributed by atoms with Crippen LogP contribution in [0.2, 0.25) is 0 Å². The van der Waals surface area contributed by atoms with Gasteiger partial charge in [0.05, 0.1) is 12.7 Å². The fraction of sp³-hybridized carbons (Fsp3) is 0.0833. The number of nitrogens with zero attached hydrogens (tertiary/aromatic N) is 1. The molecule has 31 heavy (non-hydrogen) atoms. The lowest BCUT2D eigenvalue weighted by atomic mass is 10.1. The molecule has 1 heterocycles. The third-order valence-corrected chi connectivity index (χ3v) is 5.25. The molecule has 3 aromatic carbocycles. The second kappa shape index (κ2) is 9.14. The number of aliphatic imine (C=N–C) groups is 1. The van der Waals surface area contributed by atoms with Gasteiger partial charge in [-0.25, -0.2) is 14.2 Å². The van der Waals surface area contributed by atoms with E-state index < -0.39 is 5.97 Å². The van der Waals surface area contributed by atoms with Crippen LogP contribution in [0, 0.1) is 5.82 Å². The molecule has 0 atom stereocenters. The zero-order valence-corrected chi connectivity index (χ0v) is 18.1. The molecule has 3 aromatic rings. The average Bonchev–Trinajstić information content (AvgIpc) is 3.13. The number of benzene rings is 3. The van der Waals surface area contributed by atoms with Crippen LogP contribution < -0.4 is 9.47 Å². The Morgan fingerprint density at radius 1 is 1.06 bits per heavy atom. The van der Waals surface area contributed by atoms with Crippen LogP contribution in [-0.4, -0.2) is 19.0 Å². The normalized spacial score (nSPS) is 14.4. The second-order valence-electron chi connectivity index (χ2n) is 6.61. The van der Waals surface area contributed by atoms with Crippen molar-refractivity contribution in [3.63, 3.8) is 0 Å². The highest BCUT2D eigenvalue weighted by atomic mass is 79.9. The first kappa shape index (κ1) is 20.8. The summed E-state index contributed by atoms with van der Waals surface area (Å²) in [7, 11) is 1.51. The standard InChI is InChI=1S/C24H17BrFNO4/c1-29-22-13-15(10-11-21(22)30-14-16-6-2-5-9-19(16)26)12-20-24(28)31-23(27-20)17-7-3-4-8-18(17)25/h2-13H,14H2,1H3/b20-12-. The molecule has 0 radical (unpaired) electrons. The van der Waals surface area contributed by atoms with E-state index in [2.05, 4.69) is 20.9 Å². The molecule has 0 saturated carbocycles. The minimum absolute atomic E-state index is 0.0649. The predicted octanol–water partition coefficient (Wildman–Crippen LogP) is 5.52. The van der Waals surface area contributed by atoms with Gasteiger partial charge in [-0.1, -0.05) is 36.4 Å². The summed E-state index contributed by atoms with van der Waals surface area (Å²) in [6.07, 6.45) is 1.61. The summed E-state index contributed by atoms with van der Waals surface area (Å²) in [4.78, 5) is 16.6. The van der Waals surface area contributed by atoms with E-state index in [1.165, 1.54) is 13.2 Å². The number of esters is 1. The molecular formula is C24H17BrFNO4.